The van der Waals surface area contributed by atoms with Crippen molar-refractivity contribution in [3.63, 3.8) is 0 Å². The van der Waals surface area contributed by atoms with Crippen molar-refractivity contribution in [2.45, 2.75) is 25.7 Å². The normalized spacial score (nSPS) is 19.6. The first-order valence-corrected chi connectivity index (χ1v) is 9.43. The third-order valence-corrected chi connectivity index (χ3v) is 5.06. The minimum Gasteiger partial charge on any atom is -0.383 e. The summed E-state index contributed by atoms with van der Waals surface area (Å²) in [7, 11) is 5.72. The number of ether oxygens (including phenoxy) is 2. The van der Waals surface area contributed by atoms with Gasteiger partial charge in [0.15, 0.2) is 5.96 Å². The summed E-state index contributed by atoms with van der Waals surface area (Å²) in [6, 6.07) is 0. The number of nitrogens with one attached hydrogen (secondary N) is 1. The maximum Gasteiger partial charge on any atom is 0.193 e. The fraction of sp³-hybridized carbons (Fsp3) is 0.944. The van der Waals surface area contributed by atoms with E-state index in [0.717, 1.165) is 57.3 Å². The number of nitrogens with zero attached hydrogens (tertiary/aromatic N) is 3. The smallest absolute Gasteiger partial charge is 0.193 e. The van der Waals surface area contributed by atoms with Gasteiger partial charge in [-0.1, -0.05) is 0 Å². The molecule has 1 saturated carbocycles. The van der Waals surface area contributed by atoms with Gasteiger partial charge in [0.25, 0.3) is 0 Å². The molecule has 0 radical (unpaired) electrons. The quantitative estimate of drug-likeness (QED) is 0.230. The van der Waals surface area contributed by atoms with Gasteiger partial charge in [-0.3, -0.25) is 4.99 Å². The number of rotatable bonds is 10. The second-order valence-corrected chi connectivity index (χ2v) is 7.15. The monoisotopic (exact) mass is 468 g/mol. The summed E-state index contributed by atoms with van der Waals surface area (Å²) in [4.78, 5) is 9.07. The fourth-order valence-corrected chi connectivity index (χ4v) is 3.10. The van der Waals surface area contributed by atoms with E-state index in [1.165, 1.54) is 38.8 Å². The molecule has 0 unspecified atom stereocenters. The summed E-state index contributed by atoms with van der Waals surface area (Å²) in [5.74, 6) is 2.55. The van der Waals surface area contributed by atoms with Crippen LogP contribution in [0.4, 0.5) is 0 Å². The number of hydrogen-bond donors (Lipinski definition) is 1. The highest BCUT2D eigenvalue weighted by molar-refractivity contribution is 14.0. The molecule has 0 bridgehead atoms. The molecule has 2 rings (SSSR count). The van der Waals surface area contributed by atoms with Crippen LogP contribution in [0.3, 0.4) is 0 Å². The molecular formula is C18H37IN4O2. The van der Waals surface area contributed by atoms with Crippen molar-refractivity contribution in [1.82, 2.24) is 15.1 Å². The highest BCUT2D eigenvalue weighted by Gasteiger charge is 2.21. The lowest BCUT2D eigenvalue weighted by Gasteiger charge is -2.32. The Labute approximate surface area is 170 Å². The van der Waals surface area contributed by atoms with Crippen LogP contribution >= 0.6 is 24.0 Å². The van der Waals surface area contributed by atoms with E-state index in [9.17, 15) is 0 Å². The Bertz CT molecular complexity index is 372. The zero-order chi connectivity index (χ0) is 17.2. The summed E-state index contributed by atoms with van der Waals surface area (Å²) < 4.78 is 10.9. The van der Waals surface area contributed by atoms with Gasteiger partial charge in [0.2, 0.25) is 0 Å². The predicted molar refractivity (Wildman–Crippen MR) is 114 cm³/mol. The van der Waals surface area contributed by atoms with Crippen LogP contribution in [0.5, 0.6) is 0 Å². The average molecular weight is 468 g/mol. The first-order chi connectivity index (χ1) is 11.7. The Morgan fingerprint density at radius 1 is 1.16 bits per heavy atom. The van der Waals surface area contributed by atoms with Gasteiger partial charge in [-0.2, -0.15) is 0 Å². The van der Waals surface area contributed by atoms with Crippen molar-refractivity contribution in [2.24, 2.45) is 16.8 Å². The molecular weight excluding hydrogens is 431 g/mol. The van der Waals surface area contributed by atoms with Gasteiger partial charge in [-0.25, -0.2) is 0 Å². The number of methoxy groups -OCH3 is 1. The van der Waals surface area contributed by atoms with Crippen molar-refractivity contribution in [1.29, 1.82) is 0 Å². The molecule has 2 fully saturated rings. The van der Waals surface area contributed by atoms with Crippen LogP contribution in [-0.2, 0) is 9.47 Å². The predicted octanol–water partition coefficient (Wildman–Crippen LogP) is 1.90. The first-order valence-electron chi connectivity index (χ1n) is 9.43. The molecule has 0 amide bonds. The average Bonchev–Trinajstić information content (AvgIpc) is 3.43. The Kier molecular flexibility index (Phi) is 12.0. The molecule has 2 aliphatic rings. The van der Waals surface area contributed by atoms with Gasteiger partial charge >= 0.3 is 0 Å². The van der Waals surface area contributed by atoms with Crippen molar-refractivity contribution in [2.75, 3.05) is 73.7 Å². The van der Waals surface area contributed by atoms with E-state index in [1.807, 2.05) is 7.05 Å². The summed E-state index contributed by atoms with van der Waals surface area (Å²) in [6.07, 6.45) is 5.20. The van der Waals surface area contributed by atoms with E-state index in [0.29, 0.717) is 0 Å². The highest BCUT2D eigenvalue weighted by atomic mass is 127. The van der Waals surface area contributed by atoms with E-state index in [1.54, 1.807) is 7.11 Å². The molecule has 0 spiro atoms. The topological polar surface area (TPSA) is 49.3 Å². The van der Waals surface area contributed by atoms with Gasteiger partial charge in [0.1, 0.15) is 0 Å². The number of aliphatic imine (C=N–C) groups is 1. The van der Waals surface area contributed by atoms with Gasteiger partial charge in [0.05, 0.1) is 13.2 Å². The van der Waals surface area contributed by atoms with Crippen LogP contribution in [0.1, 0.15) is 25.7 Å². The lowest BCUT2D eigenvalue weighted by Crippen LogP contribution is -2.44. The fourth-order valence-electron chi connectivity index (χ4n) is 3.10. The van der Waals surface area contributed by atoms with E-state index >= 15 is 0 Å². The zero-order valence-corrected chi connectivity index (χ0v) is 18.5. The van der Waals surface area contributed by atoms with Crippen molar-refractivity contribution < 1.29 is 9.47 Å². The lowest BCUT2D eigenvalue weighted by atomic mass is 9.97. The van der Waals surface area contributed by atoms with Crippen molar-refractivity contribution >= 4 is 29.9 Å². The molecule has 0 atom stereocenters. The van der Waals surface area contributed by atoms with Crippen molar-refractivity contribution in [3.8, 4) is 0 Å². The molecule has 7 heteroatoms. The molecule has 1 N–H and O–H groups in total. The Morgan fingerprint density at radius 2 is 1.88 bits per heavy atom. The van der Waals surface area contributed by atoms with E-state index < -0.39 is 0 Å². The summed E-state index contributed by atoms with van der Waals surface area (Å²) in [5, 5.41) is 3.54. The van der Waals surface area contributed by atoms with Crippen LogP contribution < -0.4 is 5.32 Å². The number of guanidine groups is 1. The van der Waals surface area contributed by atoms with E-state index in [-0.39, 0.29) is 24.0 Å². The number of halogens is 1. The van der Waals surface area contributed by atoms with Gasteiger partial charge in [0, 0.05) is 47.4 Å². The van der Waals surface area contributed by atoms with Crippen LogP contribution in [0.15, 0.2) is 4.99 Å². The Morgan fingerprint density at radius 3 is 2.48 bits per heavy atom. The van der Waals surface area contributed by atoms with Crippen molar-refractivity contribution in [3.05, 3.63) is 0 Å². The standard InChI is InChI=1S/C18H36N4O2.HI/c1-19-18(21(2)10-13-24-15-17-4-5-17)20-14-16-6-8-22(9-7-16)11-12-23-3;/h16-17H,4-15H2,1-3H3,(H,19,20);1H. The second-order valence-electron chi connectivity index (χ2n) is 7.15. The Hall–Kier alpha value is -0.120. The van der Waals surface area contributed by atoms with Gasteiger partial charge in [-0.15, -0.1) is 24.0 Å². The zero-order valence-electron chi connectivity index (χ0n) is 16.2. The highest BCUT2D eigenvalue weighted by Crippen LogP contribution is 2.28. The third kappa shape index (κ3) is 9.40. The van der Waals surface area contributed by atoms with Crippen LogP contribution in [-0.4, -0.2) is 89.5 Å². The summed E-state index contributed by atoms with van der Waals surface area (Å²) in [5.41, 5.74) is 0. The molecule has 148 valence electrons. The molecule has 0 aromatic rings. The van der Waals surface area contributed by atoms with E-state index in [2.05, 4.69) is 27.2 Å². The molecule has 1 heterocycles. The number of piperidine rings is 1. The van der Waals surface area contributed by atoms with Gasteiger partial charge in [-0.05, 0) is 50.6 Å². The third-order valence-electron chi connectivity index (χ3n) is 5.06. The summed E-state index contributed by atoms with van der Waals surface area (Å²) in [6.45, 7) is 7.87. The first kappa shape index (κ1) is 22.9. The molecule has 1 aliphatic carbocycles. The second kappa shape index (κ2) is 13.1. The number of likely N-dealkylation sites (tertiary alicyclic amines) is 1. The SMILES string of the molecule is CN=C(NCC1CCN(CCOC)CC1)N(C)CCOCC1CC1.I. The molecule has 25 heavy (non-hydrogen) atoms. The maximum absolute atomic E-state index is 5.72. The minimum absolute atomic E-state index is 0. The number of likely N-dealkylation sites (N-methyl/N-ethyl adjacent to an activating group) is 1. The Balaban J connectivity index is 0.00000312. The van der Waals surface area contributed by atoms with Crippen LogP contribution in [0, 0.1) is 11.8 Å². The van der Waals surface area contributed by atoms with Crippen LogP contribution in [0.25, 0.3) is 0 Å². The molecule has 6 nitrogen and oxygen atoms in total. The molecule has 1 saturated heterocycles. The minimum atomic E-state index is 0. The molecule has 0 aromatic carbocycles. The van der Waals surface area contributed by atoms with Crippen LogP contribution in [0.2, 0.25) is 0 Å². The largest absolute Gasteiger partial charge is 0.383 e. The number of hydrogen-bond acceptors (Lipinski definition) is 4. The van der Waals surface area contributed by atoms with E-state index in [4.69, 9.17) is 9.47 Å². The molecule has 1 aliphatic heterocycles. The maximum atomic E-state index is 5.72. The lowest BCUT2D eigenvalue weighted by molar-refractivity contribution is 0.114. The van der Waals surface area contributed by atoms with Gasteiger partial charge < -0.3 is 24.6 Å². The molecule has 0 aromatic heterocycles. The summed E-state index contributed by atoms with van der Waals surface area (Å²) >= 11 is 0.